The van der Waals surface area contributed by atoms with Gasteiger partial charge in [0.1, 0.15) is 0 Å². The van der Waals surface area contributed by atoms with Crippen molar-refractivity contribution >= 4 is 62.7 Å². The summed E-state index contributed by atoms with van der Waals surface area (Å²) in [5.74, 6) is -1.97. The molecule has 2 amide bonds. The number of benzene rings is 2. The molecular formula is C23H24BrClN2O6. The zero-order valence-electron chi connectivity index (χ0n) is 18.2. The van der Waals surface area contributed by atoms with Crippen LogP contribution < -0.4 is 10.6 Å². The second kappa shape index (κ2) is 13.0. The third-order valence-electron chi connectivity index (χ3n) is 4.06. The highest BCUT2D eigenvalue weighted by Gasteiger charge is 2.13. The summed E-state index contributed by atoms with van der Waals surface area (Å²) in [5, 5.41) is 5.48. The first-order chi connectivity index (χ1) is 15.6. The maximum absolute atomic E-state index is 12.1. The zero-order valence-corrected chi connectivity index (χ0v) is 20.5. The van der Waals surface area contributed by atoms with E-state index in [4.69, 9.17) is 21.1 Å². The lowest BCUT2D eigenvalue weighted by Gasteiger charge is -2.10. The third-order valence-corrected chi connectivity index (χ3v) is 4.86. The molecule has 0 saturated heterocycles. The fourth-order valence-corrected chi connectivity index (χ4v) is 3.20. The van der Waals surface area contributed by atoms with Crippen LogP contribution in [-0.4, -0.2) is 37.0 Å². The fraction of sp³-hybridized carbons (Fsp3) is 0.304. The summed E-state index contributed by atoms with van der Waals surface area (Å²) in [6.07, 6.45) is -0.366. The SMILES string of the molecule is CC(C)COC(=O)c1cccc(NC(=O)CCC(=O)OCC(=O)Nc2ccc(Br)cc2Cl)c1. The maximum atomic E-state index is 12.1. The minimum Gasteiger partial charge on any atom is -0.462 e. The predicted molar refractivity (Wildman–Crippen MR) is 128 cm³/mol. The van der Waals surface area contributed by atoms with E-state index < -0.39 is 30.4 Å². The van der Waals surface area contributed by atoms with Gasteiger partial charge in [-0.3, -0.25) is 14.4 Å². The Morgan fingerprint density at radius 3 is 2.42 bits per heavy atom. The van der Waals surface area contributed by atoms with Gasteiger partial charge < -0.3 is 20.1 Å². The van der Waals surface area contributed by atoms with Gasteiger partial charge in [-0.2, -0.15) is 0 Å². The fourth-order valence-electron chi connectivity index (χ4n) is 2.48. The molecule has 0 aliphatic heterocycles. The van der Waals surface area contributed by atoms with Crippen LogP contribution in [0.4, 0.5) is 11.4 Å². The largest absolute Gasteiger partial charge is 0.462 e. The molecule has 0 radical (unpaired) electrons. The highest BCUT2D eigenvalue weighted by molar-refractivity contribution is 9.10. The normalized spacial score (nSPS) is 10.5. The molecule has 33 heavy (non-hydrogen) atoms. The van der Waals surface area contributed by atoms with Crippen molar-refractivity contribution in [3.8, 4) is 0 Å². The molecule has 2 rings (SSSR count). The standard InChI is InChI=1S/C23H24BrClN2O6/c1-14(2)12-33-23(31)15-4-3-5-17(10-15)26-20(28)8-9-22(30)32-13-21(29)27-19-7-6-16(24)11-18(19)25/h3-7,10-11,14H,8-9,12-13H2,1-2H3,(H,26,28)(H,27,29). The number of esters is 2. The molecular weight excluding hydrogens is 516 g/mol. The molecule has 0 heterocycles. The van der Waals surface area contributed by atoms with E-state index in [1.54, 1.807) is 36.4 Å². The van der Waals surface area contributed by atoms with Crippen molar-refractivity contribution < 1.29 is 28.7 Å². The van der Waals surface area contributed by atoms with Crippen LogP contribution in [0.5, 0.6) is 0 Å². The maximum Gasteiger partial charge on any atom is 0.338 e. The van der Waals surface area contributed by atoms with E-state index >= 15 is 0 Å². The van der Waals surface area contributed by atoms with E-state index in [-0.39, 0.29) is 18.8 Å². The van der Waals surface area contributed by atoms with E-state index in [0.717, 1.165) is 4.47 Å². The van der Waals surface area contributed by atoms with E-state index in [2.05, 4.69) is 26.6 Å². The summed E-state index contributed by atoms with van der Waals surface area (Å²) in [7, 11) is 0. The molecule has 0 spiro atoms. The summed E-state index contributed by atoms with van der Waals surface area (Å²) in [6.45, 7) is 3.65. The van der Waals surface area contributed by atoms with Crippen LogP contribution in [0.25, 0.3) is 0 Å². The summed E-state index contributed by atoms with van der Waals surface area (Å²) < 4.78 is 10.8. The first-order valence-electron chi connectivity index (χ1n) is 10.1. The Morgan fingerprint density at radius 2 is 1.73 bits per heavy atom. The highest BCUT2D eigenvalue weighted by Crippen LogP contribution is 2.25. The Labute approximate surface area is 205 Å². The molecule has 0 aliphatic rings. The first kappa shape index (κ1) is 26.3. The second-order valence-electron chi connectivity index (χ2n) is 7.45. The van der Waals surface area contributed by atoms with E-state index in [0.29, 0.717) is 28.6 Å². The van der Waals surface area contributed by atoms with Crippen molar-refractivity contribution in [3.63, 3.8) is 0 Å². The zero-order chi connectivity index (χ0) is 24.4. The second-order valence-corrected chi connectivity index (χ2v) is 8.78. The van der Waals surface area contributed by atoms with Crippen LogP contribution in [0.1, 0.15) is 37.0 Å². The average molecular weight is 540 g/mol. The average Bonchev–Trinajstić information content (AvgIpc) is 2.76. The van der Waals surface area contributed by atoms with Crippen molar-refractivity contribution in [3.05, 3.63) is 57.5 Å². The smallest absolute Gasteiger partial charge is 0.338 e. The van der Waals surface area contributed by atoms with Gasteiger partial charge in [0.05, 0.1) is 29.3 Å². The molecule has 2 N–H and O–H groups in total. The number of anilines is 2. The minimum absolute atomic E-state index is 0.152. The van der Waals surface area contributed by atoms with Crippen LogP contribution >= 0.6 is 27.5 Å². The monoisotopic (exact) mass is 538 g/mol. The van der Waals surface area contributed by atoms with E-state index in [9.17, 15) is 19.2 Å². The Bertz CT molecular complexity index is 1030. The van der Waals surface area contributed by atoms with Crippen LogP contribution in [0.15, 0.2) is 46.9 Å². The van der Waals surface area contributed by atoms with Gasteiger partial charge in [-0.1, -0.05) is 47.4 Å². The number of carbonyl (C=O) groups excluding carboxylic acids is 4. The number of rotatable bonds is 10. The molecule has 0 aromatic heterocycles. The lowest BCUT2D eigenvalue weighted by Crippen LogP contribution is -2.22. The van der Waals surface area contributed by atoms with E-state index in [1.165, 1.54) is 6.07 Å². The van der Waals surface area contributed by atoms with Crippen LogP contribution in [0.3, 0.4) is 0 Å². The molecule has 0 saturated carbocycles. The lowest BCUT2D eigenvalue weighted by molar-refractivity contribution is -0.147. The lowest BCUT2D eigenvalue weighted by atomic mass is 10.2. The molecule has 176 valence electrons. The van der Waals surface area contributed by atoms with Gasteiger partial charge in [0, 0.05) is 16.6 Å². The topological polar surface area (TPSA) is 111 Å². The van der Waals surface area contributed by atoms with Crippen LogP contribution in [0, 0.1) is 5.92 Å². The number of ether oxygens (including phenoxy) is 2. The van der Waals surface area contributed by atoms with Gasteiger partial charge in [-0.25, -0.2) is 4.79 Å². The Kier molecular flexibility index (Phi) is 10.3. The number of carbonyl (C=O) groups is 4. The number of nitrogens with one attached hydrogen (secondary N) is 2. The van der Waals surface area contributed by atoms with Crippen LogP contribution in [0.2, 0.25) is 5.02 Å². The quantitative estimate of drug-likeness (QED) is 0.419. The van der Waals surface area contributed by atoms with Crippen molar-refractivity contribution in [2.24, 2.45) is 5.92 Å². The summed E-state index contributed by atoms with van der Waals surface area (Å²) in [6, 6.07) is 11.2. The molecule has 0 bridgehead atoms. The molecule has 2 aromatic rings. The minimum atomic E-state index is -0.701. The summed E-state index contributed by atoms with van der Waals surface area (Å²) in [5.41, 5.74) is 1.10. The molecule has 0 aliphatic carbocycles. The van der Waals surface area contributed by atoms with Gasteiger partial charge in [-0.05, 0) is 42.3 Å². The van der Waals surface area contributed by atoms with Crippen molar-refractivity contribution in [1.82, 2.24) is 0 Å². The van der Waals surface area contributed by atoms with Gasteiger partial charge >= 0.3 is 11.9 Å². The number of amides is 2. The Balaban J connectivity index is 1.74. The van der Waals surface area contributed by atoms with Crippen molar-refractivity contribution in [1.29, 1.82) is 0 Å². The molecule has 8 nitrogen and oxygen atoms in total. The summed E-state index contributed by atoms with van der Waals surface area (Å²) >= 11 is 9.28. The Hall–Kier alpha value is -2.91. The predicted octanol–water partition coefficient (Wildman–Crippen LogP) is 4.82. The first-order valence-corrected chi connectivity index (χ1v) is 11.3. The molecule has 0 fully saturated rings. The molecule has 0 atom stereocenters. The van der Waals surface area contributed by atoms with Gasteiger partial charge in [-0.15, -0.1) is 0 Å². The van der Waals surface area contributed by atoms with Crippen molar-refractivity contribution in [2.75, 3.05) is 23.8 Å². The van der Waals surface area contributed by atoms with Gasteiger partial charge in [0.25, 0.3) is 5.91 Å². The number of halogens is 2. The number of hydrogen-bond acceptors (Lipinski definition) is 6. The molecule has 2 aromatic carbocycles. The highest BCUT2D eigenvalue weighted by atomic mass is 79.9. The van der Waals surface area contributed by atoms with Gasteiger partial charge in [0.2, 0.25) is 5.91 Å². The third kappa shape index (κ3) is 9.63. The van der Waals surface area contributed by atoms with E-state index in [1.807, 2.05) is 13.8 Å². The Morgan fingerprint density at radius 1 is 0.970 bits per heavy atom. The number of hydrogen-bond donors (Lipinski definition) is 2. The molecule has 10 heteroatoms. The van der Waals surface area contributed by atoms with Crippen LogP contribution in [-0.2, 0) is 23.9 Å². The summed E-state index contributed by atoms with van der Waals surface area (Å²) in [4.78, 5) is 48.0. The van der Waals surface area contributed by atoms with Gasteiger partial charge in [0.15, 0.2) is 6.61 Å². The molecule has 0 unspecified atom stereocenters. The van der Waals surface area contributed by atoms with Crippen molar-refractivity contribution in [2.45, 2.75) is 26.7 Å².